The molecule has 0 aliphatic carbocycles. The van der Waals surface area contributed by atoms with Crippen molar-refractivity contribution in [3.05, 3.63) is 0 Å². The first kappa shape index (κ1) is 17.8. The third-order valence-electron chi connectivity index (χ3n) is 3.81. The SMILES string of the molecule is CN(CC1CCOCC1)C(=O)NCCCCCCC(=O)O. The lowest BCUT2D eigenvalue weighted by Crippen LogP contribution is -2.41. The van der Waals surface area contributed by atoms with E-state index in [-0.39, 0.29) is 12.5 Å². The Kier molecular flexibility index (Phi) is 8.82. The molecule has 6 nitrogen and oxygen atoms in total. The van der Waals surface area contributed by atoms with Crippen LogP contribution < -0.4 is 5.32 Å². The molecule has 6 heteroatoms. The standard InChI is InChI=1S/C15H28N2O4/c1-17(12-13-7-10-21-11-8-13)15(20)16-9-5-3-2-4-6-14(18)19/h13H,2-12H2,1H3,(H,16,20)(H,18,19). The minimum atomic E-state index is -0.738. The molecule has 0 aromatic heterocycles. The molecule has 1 saturated heterocycles. The fraction of sp³-hybridized carbons (Fsp3) is 0.867. The van der Waals surface area contributed by atoms with Crippen molar-refractivity contribution < 1.29 is 19.4 Å². The Labute approximate surface area is 126 Å². The lowest BCUT2D eigenvalue weighted by molar-refractivity contribution is -0.137. The highest BCUT2D eigenvalue weighted by Crippen LogP contribution is 2.15. The van der Waals surface area contributed by atoms with Crippen LogP contribution in [-0.4, -0.2) is 55.4 Å². The lowest BCUT2D eigenvalue weighted by atomic mass is 10.00. The number of amides is 2. The molecule has 0 aromatic rings. The second kappa shape index (κ2) is 10.4. The van der Waals surface area contributed by atoms with Gasteiger partial charge in [-0.25, -0.2) is 4.79 Å². The molecule has 0 bridgehead atoms. The zero-order valence-corrected chi connectivity index (χ0v) is 13.0. The number of carboxylic acid groups (broad SMARTS) is 1. The van der Waals surface area contributed by atoms with Crippen molar-refractivity contribution in [3.63, 3.8) is 0 Å². The van der Waals surface area contributed by atoms with Gasteiger partial charge in [-0.2, -0.15) is 0 Å². The van der Waals surface area contributed by atoms with E-state index in [0.717, 1.165) is 51.9 Å². The van der Waals surface area contributed by atoms with Crippen LogP contribution in [0.25, 0.3) is 0 Å². The van der Waals surface area contributed by atoms with Crippen LogP contribution in [0.15, 0.2) is 0 Å². The third kappa shape index (κ3) is 8.55. The predicted molar refractivity (Wildman–Crippen MR) is 80.3 cm³/mol. The molecular formula is C15H28N2O4. The Balaban J connectivity index is 2.00. The molecule has 1 aliphatic heterocycles. The average molecular weight is 300 g/mol. The van der Waals surface area contributed by atoms with Crippen LogP contribution in [0.4, 0.5) is 4.79 Å². The van der Waals surface area contributed by atoms with Gasteiger partial charge in [-0.15, -0.1) is 0 Å². The van der Waals surface area contributed by atoms with Crippen LogP contribution in [-0.2, 0) is 9.53 Å². The summed E-state index contributed by atoms with van der Waals surface area (Å²) in [4.78, 5) is 24.0. The van der Waals surface area contributed by atoms with Crippen molar-refractivity contribution in [3.8, 4) is 0 Å². The van der Waals surface area contributed by atoms with Crippen LogP contribution in [0.2, 0.25) is 0 Å². The van der Waals surface area contributed by atoms with Crippen molar-refractivity contribution >= 4 is 12.0 Å². The first-order valence-electron chi connectivity index (χ1n) is 7.88. The van der Waals surface area contributed by atoms with Gasteiger partial charge in [0.2, 0.25) is 0 Å². The summed E-state index contributed by atoms with van der Waals surface area (Å²) in [5.41, 5.74) is 0. The molecule has 0 spiro atoms. The number of aliphatic carboxylic acids is 1. The number of rotatable bonds is 9. The first-order chi connectivity index (χ1) is 10.1. The molecule has 1 heterocycles. The van der Waals surface area contributed by atoms with Gasteiger partial charge >= 0.3 is 12.0 Å². The minimum absolute atomic E-state index is 0.0213. The van der Waals surface area contributed by atoms with Gasteiger partial charge in [-0.3, -0.25) is 4.79 Å². The zero-order valence-electron chi connectivity index (χ0n) is 13.0. The monoisotopic (exact) mass is 300 g/mol. The number of ether oxygens (including phenoxy) is 1. The number of urea groups is 1. The summed E-state index contributed by atoms with van der Waals surface area (Å²) in [5, 5.41) is 11.4. The van der Waals surface area contributed by atoms with Crippen LogP contribution in [0.5, 0.6) is 0 Å². The van der Waals surface area contributed by atoms with Gasteiger partial charge in [0.25, 0.3) is 0 Å². The molecule has 0 saturated carbocycles. The van der Waals surface area contributed by atoms with Gasteiger partial charge in [0.1, 0.15) is 0 Å². The molecule has 2 N–H and O–H groups in total. The lowest BCUT2D eigenvalue weighted by Gasteiger charge is -2.27. The van der Waals surface area contributed by atoms with E-state index in [9.17, 15) is 9.59 Å². The maximum absolute atomic E-state index is 11.9. The fourth-order valence-electron chi connectivity index (χ4n) is 2.48. The second-order valence-electron chi connectivity index (χ2n) is 5.73. The second-order valence-corrected chi connectivity index (χ2v) is 5.73. The average Bonchev–Trinajstić information content (AvgIpc) is 2.46. The molecular weight excluding hydrogens is 272 g/mol. The summed E-state index contributed by atoms with van der Waals surface area (Å²) < 4.78 is 5.31. The largest absolute Gasteiger partial charge is 0.481 e. The Hall–Kier alpha value is -1.30. The molecule has 0 unspecified atom stereocenters. The predicted octanol–water partition coefficient (Wildman–Crippen LogP) is 2.09. The number of hydrogen-bond acceptors (Lipinski definition) is 3. The van der Waals surface area contributed by atoms with Gasteiger partial charge in [0.05, 0.1) is 0 Å². The number of hydrogen-bond donors (Lipinski definition) is 2. The quantitative estimate of drug-likeness (QED) is 0.639. The van der Waals surface area contributed by atoms with Gasteiger partial charge in [0.15, 0.2) is 0 Å². The molecule has 0 radical (unpaired) electrons. The van der Waals surface area contributed by atoms with E-state index >= 15 is 0 Å². The Morgan fingerprint density at radius 2 is 1.86 bits per heavy atom. The summed E-state index contributed by atoms with van der Waals surface area (Å²) in [5.74, 6) is -0.191. The van der Waals surface area contributed by atoms with E-state index in [1.165, 1.54) is 0 Å². The van der Waals surface area contributed by atoms with Gasteiger partial charge < -0.3 is 20.1 Å². The number of carbonyl (C=O) groups is 2. The summed E-state index contributed by atoms with van der Waals surface area (Å²) in [7, 11) is 1.83. The minimum Gasteiger partial charge on any atom is -0.481 e. The van der Waals surface area contributed by atoms with E-state index in [2.05, 4.69) is 5.32 Å². The highest BCUT2D eigenvalue weighted by molar-refractivity contribution is 5.73. The number of nitrogens with zero attached hydrogens (tertiary/aromatic N) is 1. The molecule has 2 amide bonds. The van der Waals surface area contributed by atoms with Crippen LogP contribution >= 0.6 is 0 Å². The molecule has 1 fully saturated rings. The van der Waals surface area contributed by atoms with E-state index in [1.54, 1.807) is 4.90 Å². The molecule has 0 aromatic carbocycles. The number of unbranched alkanes of at least 4 members (excludes halogenated alkanes) is 3. The topological polar surface area (TPSA) is 78.9 Å². The zero-order chi connectivity index (χ0) is 15.5. The molecule has 0 atom stereocenters. The summed E-state index contributed by atoms with van der Waals surface area (Å²) in [6, 6.07) is -0.0213. The highest BCUT2D eigenvalue weighted by Gasteiger charge is 2.18. The maximum Gasteiger partial charge on any atom is 0.317 e. The highest BCUT2D eigenvalue weighted by atomic mass is 16.5. The van der Waals surface area contributed by atoms with E-state index in [4.69, 9.17) is 9.84 Å². The van der Waals surface area contributed by atoms with Crippen LogP contribution in [0.3, 0.4) is 0 Å². The van der Waals surface area contributed by atoms with Crippen molar-refractivity contribution in [1.29, 1.82) is 0 Å². The van der Waals surface area contributed by atoms with Crippen LogP contribution in [0, 0.1) is 5.92 Å². The van der Waals surface area contributed by atoms with Crippen molar-refractivity contribution in [2.45, 2.75) is 44.9 Å². The summed E-state index contributed by atoms with van der Waals surface area (Å²) >= 11 is 0. The van der Waals surface area contributed by atoms with Crippen molar-refractivity contribution in [2.75, 3.05) is 33.4 Å². The molecule has 1 rings (SSSR count). The third-order valence-corrected chi connectivity index (χ3v) is 3.81. The fourth-order valence-corrected chi connectivity index (χ4v) is 2.48. The normalized spacial score (nSPS) is 15.7. The van der Waals surface area contributed by atoms with Crippen molar-refractivity contribution in [2.24, 2.45) is 5.92 Å². The number of carbonyl (C=O) groups excluding carboxylic acids is 1. The molecule has 21 heavy (non-hydrogen) atoms. The van der Waals surface area contributed by atoms with E-state index in [1.807, 2.05) is 7.05 Å². The Bertz CT molecular complexity index is 317. The number of nitrogens with one attached hydrogen (secondary N) is 1. The number of carboxylic acids is 1. The van der Waals surface area contributed by atoms with Crippen LogP contribution in [0.1, 0.15) is 44.9 Å². The summed E-state index contributed by atoms with van der Waals surface area (Å²) in [6.45, 7) is 3.05. The van der Waals surface area contributed by atoms with E-state index in [0.29, 0.717) is 18.9 Å². The van der Waals surface area contributed by atoms with Crippen molar-refractivity contribution in [1.82, 2.24) is 10.2 Å². The van der Waals surface area contributed by atoms with Gasteiger partial charge in [-0.1, -0.05) is 12.8 Å². The van der Waals surface area contributed by atoms with Gasteiger partial charge in [-0.05, 0) is 31.6 Å². The summed E-state index contributed by atoms with van der Waals surface area (Å²) in [6.07, 6.45) is 5.77. The maximum atomic E-state index is 11.9. The Morgan fingerprint density at radius 3 is 2.52 bits per heavy atom. The Morgan fingerprint density at radius 1 is 1.19 bits per heavy atom. The van der Waals surface area contributed by atoms with Gasteiger partial charge in [0, 0.05) is 39.8 Å². The smallest absolute Gasteiger partial charge is 0.317 e. The first-order valence-corrected chi connectivity index (χ1v) is 7.88. The molecule has 122 valence electrons. The van der Waals surface area contributed by atoms with E-state index < -0.39 is 5.97 Å². The molecule has 1 aliphatic rings.